The highest BCUT2D eigenvalue weighted by molar-refractivity contribution is 6.17. The fourth-order valence-corrected chi connectivity index (χ4v) is 2.04. The lowest BCUT2D eigenvalue weighted by Crippen LogP contribution is -2.24. The summed E-state index contributed by atoms with van der Waals surface area (Å²) in [6.45, 7) is 9.99. The lowest BCUT2D eigenvalue weighted by molar-refractivity contribution is -0.120. The van der Waals surface area contributed by atoms with Gasteiger partial charge < -0.3 is 0 Å². The van der Waals surface area contributed by atoms with Crippen LogP contribution in [0.2, 0.25) is 0 Å². The maximum atomic E-state index is 12.7. The maximum Gasteiger partial charge on any atom is 0.186 e. The number of carbonyl (C=O) groups is 1. The Balaban J connectivity index is 2.45. The van der Waals surface area contributed by atoms with E-state index >= 15 is 0 Å². The minimum Gasteiger partial charge on any atom is -0.292 e. The molecule has 0 aliphatic heterocycles. The minimum absolute atomic E-state index is 0.00748. The van der Waals surface area contributed by atoms with E-state index in [0.717, 1.165) is 5.57 Å². The molecule has 0 radical (unpaired) electrons. The van der Waals surface area contributed by atoms with Gasteiger partial charge in [0, 0.05) is 10.8 Å². The number of carbonyl (C=O) groups excluding carboxylic acids is 1. The maximum absolute atomic E-state index is 12.7. The lowest BCUT2D eigenvalue weighted by Gasteiger charge is -2.18. The Bertz CT molecular complexity index is 666. The second kappa shape index (κ2) is 5.87. The molecule has 4 nitrogen and oxygen atoms in total. The molecule has 0 saturated heterocycles. The van der Waals surface area contributed by atoms with E-state index in [-0.39, 0.29) is 11.2 Å². The highest BCUT2D eigenvalue weighted by atomic mass is 16.1. The second-order valence-corrected chi connectivity index (χ2v) is 7.13. The number of aromatic nitrogens is 3. The second-order valence-electron chi connectivity index (χ2n) is 7.13. The van der Waals surface area contributed by atoms with Crippen LogP contribution in [0, 0.1) is 10.8 Å². The van der Waals surface area contributed by atoms with E-state index in [4.69, 9.17) is 0 Å². The van der Waals surface area contributed by atoms with E-state index in [1.54, 1.807) is 6.33 Å². The number of rotatable bonds is 3. The molecule has 116 valence electrons. The van der Waals surface area contributed by atoms with Gasteiger partial charge >= 0.3 is 0 Å². The smallest absolute Gasteiger partial charge is 0.186 e. The summed E-state index contributed by atoms with van der Waals surface area (Å²) in [5, 5.41) is 4.12. The van der Waals surface area contributed by atoms with Gasteiger partial charge in [-0.15, -0.1) is 0 Å². The SMILES string of the molecule is CC1(C)C=CC=C(/C=C(\C(=O)C(C)(C)C)n2cncn2)C=C1. The van der Waals surface area contributed by atoms with Crippen molar-refractivity contribution in [2.75, 3.05) is 0 Å². The summed E-state index contributed by atoms with van der Waals surface area (Å²) in [4.78, 5) is 16.7. The van der Waals surface area contributed by atoms with Crippen LogP contribution >= 0.6 is 0 Å². The monoisotopic (exact) mass is 297 g/mol. The van der Waals surface area contributed by atoms with Crippen molar-refractivity contribution in [3.63, 3.8) is 0 Å². The van der Waals surface area contributed by atoms with Crippen molar-refractivity contribution in [2.24, 2.45) is 10.8 Å². The quantitative estimate of drug-likeness (QED) is 0.797. The molecule has 0 N–H and O–H groups in total. The van der Waals surface area contributed by atoms with E-state index in [9.17, 15) is 4.79 Å². The Kier molecular flexibility index (Phi) is 4.31. The zero-order chi connectivity index (χ0) is 16.4. The van der Waals surface area contributed by atoms with Crippen LogP contribution < -0.4 is 0 Å². The molecule has 0 spiro atoms. The summed E-state index contributed by atoms with van der Waals surface area (Å²) in [6, 6.07) is 0. The van der Waals surface area contributed by atoms with Crippen molar-refractivity contribution in [1.29, 1.82) is 0 Å². The first-order valence-corrected chi connectivity index (χ1v) is 7.39. The van der Waals surface area contributed by atoms with Crippen molar-refractivity contribution >= 4 is 11.5 Å². The zero-order valence-corrected chi connectivity index (χ0v) is 13.9. The van der Waals surface area contributed by atoms with Gasteiger partial charge in [0.2, 0.25) is 0 Å². The average molecular weight is 297 g/mol. The molecule has 0 saturated carbocycles. The first kappa shape index (κ1) is 16.1. The van der Waals surface area contributed by atoms with Crippen LogP contribution in [0.25, 0.3) is 5.70 Å². The van der Waals surface area contributed by atoms with Gasteiger partial charge in [-0.1, -0.05) is 65.0 Å². The van der Waals surface area contributed by atoms with Crippen LogP contribution in [0.1, 0.15) is 34.6 Å². The van der Waals surface area contributed by atoms with Gasteiger partial charge in [-0.2, -0.15) is 5.10 Å². The lowest BCUT2D eigenvalue weighted by atomic mass is 9.88. The van der Waals surface area contributed by atoms with Crippen LogP contribution in [0.5, 0.6) is 0 Å². The van der Waals surface area contributed by atoms with E-state index in [1.807, 2.05) is 45.1 Å². The molecule has 1 aromatic rings. The highest BCUT2D eigenvalue weighted by Crippen LogP contribution is 2.26. The van der Waals surface area contributed by atoms with Crippen molar-refractivity contribution in [3.05, 3.63) is 54.7 Å². The van der Waals surface area contributed by atoms with Crippen molar-refractivity contribution in [3.8, 4) is 0 Å². The zero-order valence-electron chi connectivity index (χ0n) is 13.9. The molecule has 1 aliphatic rings. The number of Topliss-reactive ketones (excluding diaryl/α,β-unsaturated/α-hetero) is 1. The minimum atomic E-state index is -0.484. The summed E-state index contributed by atoms with van der Waals surface area (Å²) < 4.78 is 1.53. The Morgan fingerprint density at radius 2 is 2.00 bits per heavy atom. The van der Waals surface area contributed by atoms with Gasteiger partial charge in [-0.25, -0.2) is 9.67 Å². The predicted octanol–water partition coefficient (Wildman–Crippen LogP) is 3.81. The highest BCUT2D eigenvalue weighted by Gasteiger charge is 2.26. The number of hydrogen-bond acceptors (Lipinski definition) is 3. The Morgan fingerprint density at radius 3 is 2.59 bits per heavy atom. The number of allylic oxidation sites excluding steroid dienone is 8. The fraction of sp³-hybridized carbons (Fsp3) is 0.389. The van der Waals surface area contributed by atoms with Gasteiger partial charge in [-0.05, 0) is 11.6 Å². The molecule has 0 atom stereocenters. The summed E-state index contributed by atoms with van der Waals surface area (Å²) in [5.74, 6) is 0.0276. The third-order valence-electron chi connectivity index (χ3n) is 3.40. The van der Waals surface area contributed by atoms with E-state index in [2.05, 4.69) is 36.1 Å². The first-order chi connectivity index (χ1) is 10.2. The molecule has 0 aromatic carbocycles. The fourth-order valence-electron chi connectivity index (χ4n) is 2.04. The van der Waals surface area contributed by atoms with Crippen LogP contribution in [0.15, 0.2) is 54.7 Å². The third-order valence-corrected chi connectivity index (χ3v) is 3.40. The van der Waals surface area contributed by atoms with Gasteiger partial charge in [0.15, 0.2) is 5.78 Å². The van der Waals surface area contributed by atoms with Crippen molar-refractivity contribution in [2.45, 2.75) is 34.6 Å². The largest absolute Gasteiger partial charge is 0.292 e. The molecule has 22 heavy (non-hydrogen) atoms. The summed E-state index contributed by atoms with van der Waals surface area (Å²) in [6.07, 6.45) is 15.2. The first-order valence-electron chi connectivity index (χ1n) is 7.39. The predicted molar refractivity (Wildman–Crippen MR) is 88.9 cm³/mol. The molecule has 0 amide bonds. The van der Waals surface area contributed by atoms with Gasteiger partial charge in [0.1, 0.15) is 18.4 Å². The normalized spacial score (nSPS) is 18.0. The number of ketones is 1. The summed E-state index contributed by atoms with van der Waals surface area (Å²) >= 11 is 0. The molecule has 0 unspecified atom stereocenters. The van der Waals surface area contributed by atoms with Crippen LogP contribution in [-0.4, -0.2) is 20.5 Å². The summed E-state index contributed by atoms with van der Waals surface area (Å²) in [7, 11) is 0. The van der Waals surface area contributed by atoms with Crippen molar-refractivity contribution < 1.29 is 4.79 Å². The molecular weight excluding hydrogens is 274 g/mol. The van der Waals surface area contributed by atoms with E-state index in [0.29, 0.717) is 5.70 Å². The molecule has 2 rings (SSSR count). The molecule has 1 aliphatic carbocycles. The van der Waals surface area contributed by atoms with Gasteiger partial charge in [-0.3, -0.25) is 4.79 Å². The standard InChI is InChI=1S/C18H23N3O/c1-17(2,3)16(22)15(21-13-19-12-20-21)11-14-7-6-9-18(4,5)10-8-14/h6-13H,1-5H3/b15-11+. The molecule has 0 bridgehead atoms. The van der Waals surface area contributed by atoms with E-state index in [1.165, 1.54) is 11.0 Å². The topological polar surface area (TPSA) is 47.8 Å². The average Bonchev–Trinajstić information content (AvgIpc) is 2.87. The molecule has 1 aromatic heterocycles. The van der Waals surface area contributed by atoms with Crippen LogP contribution in [0.4, 0.5) is 0 Å². The Labute approximate surface area is 131 Å². The summed E-state index contributed by atoms with van der Waals surface area (Å²) in [5.41, 5.74) is 1.01. The molecule has 4 heteroatoms. The Hall–Kier alpha value is -2.23. The Morgan fingerprint density at radius 1 is 1.27 bits per heavy atom. The van der Waals surface area contributed by atoms with E-state index < -0.39 is 5.41 Å². The number of nitrogens with zero attached hydrogens (tertiary/aromatic N) is 3. The van der Waals surface area contributed by atoms with Gasteiger partial charge in [0.25, 0.3) is 0 Å². The molecule has 1 heterocycles. The number of hydrogen-bond donors (Lipinski definition) is 0. The molecular formula is C18H23N3O. The van der Waals surface area contributed by atoms with Gasteiger partial charge in [0.05, 0.1) is 0 Å². The third kappa shape index (κ3) is 3.91. The van der Waals surface area contributed by atoms with Crippen LogP contribution in [0.3, 0.4) is 0 Å². The van der Waals surface area contributed by atoms with Crippen LogP contribution in [-0.2, 0) is 4.79 Å². The van der Waals surface area contributed by atoms with Crippen molar-refractivity contribution in [1.82, 2.24) is 14.8 Å². The molecule has 0 fully saturated rings.